The van der Waals surface area contributed by atoms with Crippen LogP contribution >= 0.6 is 11.6 Å². The maximum Gasteiger partial charge on any atom is 0.245 e. The van der Waals surface area contributed by atoms with Crippen LogP contribution in [0.25, 0.3) is 11.3 Å². The predicted octanol–water partition coefficient (Wildman–Crippen LogP) is 2.84. The van der Waals surface area contributed by atoms with Gasteiger partial charge in [0, 0.05) is 22.3 Å². The average Bonchev–Trinajstić information content (AvgIpc) is 3.17. The third kappa shape index (κ3) is 3.60. The number of benzene rings is 2. The van der Waals surface area contributed by atoms with Gasteiger partial charge in [0.25, 0.3) is 0 Å². The maximum atomic E-state index is 10.4. The van der Waals surface area contributed by atoms with E-state index in [-0.39, 0.29) is 34.3 Å². The monoisotopic (exact) mass is 411 g/mol. The van der Waals surface area contributed by atoms with Gasteiger partial charge >= 0.3 is 0 Å². The molecule has 0 aliphatic heterocycles. The summed E-state index contributed by atoms with van der Waals surface area (Å²) in [5, 5.41) is 25.3. The van der Waals surface area contributed by atoms with E-state index < -0.39 is 0 Å². The normalized spacial score (nSPS) is 11.6. The topological polar surface area (TPSA) is 145 Å². The zero-order valence-electron chi connectivity index (χ0n) is 15.0. The Labute approximate surface area is 168 Å². The number of phenols is 1. The molecule has 4 aromatic rings. The van der Waals surface area contributed by atoms with Crippen LogP contribution in [0.3, 0.4) is 0 Å². The Bertz CT molecular complexity index is 1230. The van der Waals surface area contributed by atoms with E-state index in [1.54, 1.807) is 36.4 Å². The summed E-state index contributed by atoms with van der Waals surface area (Å²) in [6, 6.07) is 11.7. The first-order valence-corrected chi connectivity index (χ1v) is 8.65. The van der Waals surface area contributed by atoms with Crippen molar-refractivity contribution in [3.63, 3.8) is 0 Å². The van der Waals surface area contributed by atoms with E-state index in [0.717, 1.165) is 0 Å². The second-order valence-electron chi connectivity index (χ2n) is 5.83. The summed E-state index contributed by atoms with van der Waals surface area (Å²) < 4.78 is 9.82. The number of fused-ring (bicyclic) bond motifs is 1. The predicted molar refractivity (Wildman–Crippen MR) is 107 cm³/mol. The molecule has 0 atom stereocenters. The summed E-state index contributed by atoms with van der Waals surface area (Å²) >= 11 is 6.06. The van der Waals surface area contributed by atoms with E-state index in [9.17, 15) is 5.11 Å². The number of nitrogens with zero attached hydrogens (tertiary/aromatic N) is 5. The quantitative estimate of drug-likeness (QED) is 0.256. The van der Waals surface area contributed by atoms with Gasteiger partial charge in [0.05, 0.1) is 7.11 Å². The van der Waals surface area contributed by atoms with E-state index in [2.05, 4.69) is 30.7 Å². The number of ether oxygens (including phenoxy) is 1. The number of nitrogens with two attached hydrogens (primary N) is 1. The molecule has 2 aromatic heterocycles. The molecule has 0 saturated carbocycles. The molecule has 0 amide bonds. The van der Waals surface area contributed by atoms with Crippen LogP contribution in [0.15, 0.2) is 52.2 Å². The molecular weight excluding hydrogens is 398 g/mol. The van der Waals surface area contributed by atoms with Crippen molar-refractivity contribution in [2.45, 2.75) is 0 Å². The summed E-state index contributed by atoms with van der Waals surface area (Å²) in [5.74, 6) is 6.30. The van der Waals surface area contributed by atoms with Crippen LogP contribution in [0.1, 0.15) is 11.3 Å². The van der Waals surface area contributed by atoms with Crippen LogP contribution in [-0.2, 0) is 0 Å². The molecule has 2 heterocycles. The molecule has 146 valence electrons. The molecule has 0 aliphatic carbocycles. The molecular formula is C18H14ClN7O3. The van der Waals surface area contributed by atoms with Gasteiger partial charge in [-0.05, 0) is 40.6 Å². The lowest BCUT2D eigenvalue weighted by atomic mass is 10.1. The Morgan fingerprint density at radius 3 is 2.66 bits per heavy atom. The van der Waals surface area contributed by atoms with E-state index in [1.807, 2.05) is 0 Å². The molecule has 0 bridgehead atoms. The number of rotatable bonds is 5. The molecule has 0 saturated heterocycles. The standard InChI is InChI=1S/C18H14ClN7O3/c1-28-11-5-6-12(13(27)8-11)14(24-20)15-16(21-10-4-2-3-9(19)7-10)23-18-17(22-15)25-29-26-18/h2-8,27H,20H2,1H3,(H,21,23,26). The fourth-order valence-electron chi connectivity index (χ4n) is 2.69. The molecule has 2 aromatic carbocycles. The first-order valence-electron chi connectivity index (χ1n) is 8.27. The van der Waals surface area contributed by atoms with Crippen molar-refractivity contribution < 1.29 is 14.5 Å². The third-order valence-corrected chi connectivity index (χ3v) is 4.25. The summed E-state index contributed by atoms with van der Waals surface area (Å²) in [4.78, 5) is 8.80. The van der Waals surface area contributed by atoms with Crippen LogP contribution in [0.5, 0.6) is 11.5 Å². The lowest BCUT2D eigenvalue weighted by molar-refractivity contribution is 0.314. The molecule has 4 rings (SSSR count). The van der Waals surface area contributed by atoms with Gasteiger partial charge in [0.1, 0.15) is 22.9 Å². The number of hydrazone groups is 1. The maximum absolute atomic E-state index is 10.4. The molecule has 0 aliphatic rings. The fraction of sp³-hybridized carbons (Fsp3) is 0.0556. The number of aromatic hydroxyl groups is 1. The molecule has 0 spiro atoms. The SMILES string of the molecule is COc1ccc(C(=NN)c2nc3nonc3nc2Nc2cccc(Cl)c2)c(O)c1. The van der Waals surface area contributed by atoms with Crippen molar-refractivity contribution in [1.82, 2.24) is 20.3 Å². The lowest BCUT2D eigenvalue weighted by Gasteiger charge is -2.13. The van der Waals surface area contributed by atoms with Crippen molar-refractivity contribution in [3.05, 3.63) is 58.7 Å². The minimum absolute atomic E-state index is 0.0950. The van der Waals surface area contributed by atoms with Crippen molar-refractivity contribution in [2.75, 3.05) is 12.4 Å². The van der Waals surface area contributed by atoms with Gasteiger partial charge < -0.3 is 21.0 Å². The number of nitrogens with one attached hydrogen (secondary N) is 1. The zero-order valence-corrected chi connectivity index (χ0v) is 15.8. The van der Waals surface area contributed by atoms with Crippen LogP contribution < -0.4 is 15.9 Å². The lowest BCUT2D eigenvalue weighted by Crippen LogP contribution is -2.13. The highest BCUT2D eigenvalue weighted by Gasteiger charge is 2.22. The largest absolute Gasteiger partial charge is 0.507 e. The van der Waals surface area contributed by atoms with Crippen LogP contribution in [0.4, 0.5) is 11.5 Å². The highest BCUT2D eigenvalue weighted by molar-refractivity contribution is 6.30. The number of halogens is 1. The van der Waals surface area contributed by atoms with E-state index in [0.29, 0.717) is 22.0 Å². The first kappa shape index (κ1) is 18.4. The Hall–Kier alpha value is -3.92. The number of hydrogen-bond donors (Lipinski definition) is 3. The first-order chi connectivity index (χ1) is 14.1. The van der Waals surface area contributed by atoms with Gasteiger partial charge in [0.2, 0.25) is 11.3 Å². The van der Waals surface area contributed by atoms with Gasteiger partial charge in [-0.2, -0.15) is 5.10 Å². The number of aromatic nitrogens is 4. The molecule has 10 nitrogen and oxygen atoms in total. The number of anilines is 2. The van der Waals surface area contributed by atoms with Crippen LogP contribution in [0, 0.1) is 0 Å². The summed E-state index contributed by atoms with van der Waals surface area (Å²) in [5.41, 5.74) is 1.73. The van der Waals surface area contributed by atoms with Crippen molar-refractivity contribution >= 4 is 40.1 Å². The highest BCUT2D eigenvalue weighted by atomic mass is 35.5. The van der Waals surface area contributed by atoms with Gasteiger partial charge in [-0.15, -0.1) is 0 Å². The molecule has 29 heavy (non-hydrogen) atoms. The van der Waals surface area contributed by atoms with Gasteiger partial charge in [-0.1, -0.05) is 17.7 Å². The molecule has 4 N–H and O–H groups in total. The average molecular weight is 412 g/mol. The Morgan fingerprint density at radius 2 is 1.97 bits per heavy atom. The van der Waals surface area contributed by atoms with Crippen LogP contribution in [0.2, 0.25) is 5.02 Å². The van der Waals surface area contributed by atoms with Crippen molar-refractivity contribution in [2.24, 2.45) is 10.9 Å². The molecule has 0 fully saturated rings. The highest BCUT2D eigenvalue weighted by Crippen LogP contribution is 2.29. The van der Waals surface area contributed by atoms with Crippen molar-refractivity contribution in [3.8, 4) is 11.5 Å². The van der Waals surface area contributed by atoms with Gasteiger partial charge in [-0.25, -0.2) is 14.6 Å². The third-order valence-electron chi connectivity index (χ3n) is 4.02. The second kappa shape index (κ2) is 7.60. The Balaban J connectivity index is 1.86. The van der Waals surface area contributed by atoms with E-state index in [1.165, 1.54) is 13.2 Å². The summed E-state index contributed by atoms with van der Waals surface area (Å²) in [7, 11) is 1.50. The second-order valence-corrected chi connectivity index (χ2v) is 6.26. The summed E-state index contributed by atoms with van der Waals surface area (Å²) in [6.45, 7) is 0. The zero-order chi connectivity index (χ0) is 20.4. The smallest absolute Gasteiger partial charge is 0.245 e. The number of hydrogen-bond acceptors (Lipinski definition) is 10. The minimum Gasteiger partial charge on any atom is -0.507 e. The van der Waals surface area contributed by atoms with Gasteiger partial charge in [-0.3, -0.25) is 0 Å². The van der Waals surface area contributed by atoms with Crippen LogP contribution in [-0.4, -0.2) is 38.2 Å². The minimum atomic E-state index is -0.0950. The molecule has 0 radical (unpaired) electrons. The Kier molecular flexibility index (Phi) is 4.83. The van der Waals surface area contributed by atoms with E-state index in [4.69, 9.17) is 26.8 Å². The number of phenolic OH excluding ortho intramolecular Hbond substituents is 1. The van der Waals surface area contributed by atoms with Crippen molar-refractivity contribution in [1.29, 1.82) is 0 Å². The number of methoxy groups -OCH3 is 1. The summed E-state index contributed by atoms with van der Waals surface area (Å²) in [6.07, 6.45) is 0. The van der Waals surface area contributed by atoms with Gasteiger partial charge in [0.15, 0.2) is 5.82 Å². The molecule has 0 unspecified atom stereocenters. The Morgan fingerprint density at radius 1 is 1.17 bits per heavy atom. The molecule has 11 heteroatoms. The van der Waals surface area contributed by atoms with E-state index >= 15 is 0 Å². The fourth-order valence-corrected chi connectivity index (χ4v) is 2.88.